The molecule has 3 fully saturated rings. The van der Waals surface area contributed by atoms with Gasteiger partial charge in [-0.2, -0.15) is 0 Å². The number of rotatable bonds is 0. The maximum Gasteiger partial charge on any atom is -0.0146 e. The Morgan fingerprint density at radius 1 is 1.27 bits per heavy atom. The van der Waals surface area contributed by atoms with Crippen LogP contribution in [-0.2, 0) is 0 Å². The van der Waals surface area contributed by atoms with Crippen molar-refractivity contribution < 1.29 is 0 Å². The van der Waals surface area contributed by atoms with Gasteiger partial charge in [-0.3, -0.25) is 0 Å². The molecule has 3 saturated carbocycles. The second-order valence-electron chi connectivity index (χ2n) is 7.00. The zero-order valence-electron chi connectivity index (χ0n) is 10.5. The SMILES string of the molecule is C=C1CCC23C[C@H]1C(C)(C)[C@@H]2CC[C@H]3C. The topological polar surface area (TPSA) is 0 Å². The Morgan fingerprint density at radius 2 is 2.00 bits per heavy atom. The fourth-order valence-electron chi connectivity index (χ4n) is 5.44. The van der Waals surface area contributed by atoms with Gasteiger partial charge in [0.25, 0.3) is 0 Å². The first kappa shape index (κ1) is 9.93. The Bertz CT molecular complexity index is 312. The summed E-state index contributed by atoms with van der Waals surface area (Å²) in [5.41, 5.74) is 2.82. The fraction of sp³-hybridized carbons (Fsp3) is 0.867. The van der Waals surface area contributed by atoms with Crippen LogP contribution in [0.5, 0.6) is 0 Å². The largest absolute Gasteiger partial charge is 0.0996 e. The Balaban J connectivity index is 2.08. The van der Waals surface area contributed by atoms with Crippen LogP contribution in [0, 0.1) is 28.6 Å². The van der Waals surface area contributed by atoms with E-state index in [0.717, 1.165) is 23.2 Å². The number of allylic oxidation sites excluding steroid dienone is 1. The molecule has 0 aliphatic heterocycles. The van der Waals surface area contributed by atoms with Crippen LogP contribution in [0.4, 0.5) is 0 Å². The molecule has 0 radical (unpaired) electrons. The average molecular weight is 204 g/mol. The molecule has 0 aromatic heterocycles. The quantitative estimate of drug-likeness (QED) is 0.513. The summed E-state index contributed by atoms with van der Waals surface area (Å²) in [6, 6.07) is 0. The molecule has 0 aromatic rings. The van der Waals surface area contributed by atoms with Crippen LogP contribution in [0.1, 0.15) is 52.9 Å². The highest BCUT2D eigenvalue weighted by molar-refractivity contribution is 5.23. The van der Waals surface area contributed by atoms with Crippen molar-refractivity contribution >= 4 is 0 Å². The Labute approximate surface area is 94.1 Å². The molecule has 0 nitrogen and oxygen atoms in total. The zero-order valence-corrected chi connectivity index (χ0v) is 10.5. The summed E-state index contributed by atoms with van der Waals surface area (Å²) < 4.78 is 0. The molecule has 3 aliphatic carbocycles. The summed E-state index contributed by atoms with van der Waals surface area (Å²) in [7, 11) is 0. The van der Waals surface area contributed by atoms with Gasteiger partial charge in [-0.15, -0.1) is 0 Å². The molecule has 0 saturated heterocycles. The first-order chi connectivity index (χ1) is 6.98. The third-order valence-electron chi connectivity index (χ3n) is 6.35. The first-order valence-electron chi connectivity index (χ1n) is 6.66. The maximum atomic E-state index is 4.34. The molecular formula is C15H24. The summed E-state index contributed by atoms with van der Waals surface area (Å²) in [6.07, 6.45) is 7.18. The van der Waals surface area contributed by atoms with Crippen LogP contribution >= 0.6 is 0 Å². The molecule has 0 heterocycles. The van der Waals surface area contributed by atoms with E-state index in [1.165, 1.54) is 32.1 Å². The molecule has 1 unspecified atom stereocenters. The van der Waals surface area contributed by atoms with E-state index in [0.29, 0.717) is 5.41 Å². The van der Waals surface area contributed by atoms with Gasteiger partial charge in [0.2, 0.25) is 0 Å². The van der Waals surface area contributed by atoms with Gasteiger partial charge in [0, 0.05) is 0 Å². The van der Waals surface area contributed by atoms with E-state index in [-0.39, 0.29) is 0 Å². The standard InChI is InChI=1S/C15H24/c1-10-7-8-15-9-12(10)14(3,4)13(15)6-5-11(15)2/h11-13H,1,5-9H2,2-4H3/t11-,12-,13+,15?/m1/s1. The van der Waals surface area contributed by atoms with Crippen LogP contribution in [0.3, 0.4) is 0 Å². The van der Waals surface area contributed by atoms with Gasteiger partial charge >= 0.3 is 0 Å². The summed E-state index contributed by atoms with van der Waals surface area (Å²) in [4.78, 5) is 0. The first-order valence-corrected chi connectivity index (χ1v) is 6.66. The van der Waals surface area contributed by atoms with E-state index in [2.05, 4.69) is 27.4 Å². The van der Waals surface area contributed by atoms with E-state index in [9.17, 15) is 0 Å². The molecule has 84 valence electrons. The molecule has 0 N–H and O–H groups in total. The molecule has 3 rings (SSSR count). The van der Waals surface area contributed by atoms with Gasteiger partial charge < -0.3 is 0 Å². The van der Waals surface area contributed by atoms with Crippen LogP contribution in [0.2, 0.25) is 0 Å². The van der Waals surface area contributed by atoms with E-state index in [1.807, 2.05) is 0 Å². The Kier molecular flexibility index (Phi) is 1.79. The van der Waals surface area contributed by atoms with Crippen molar-refractivity contribution in [2.75, 3.05) is 0 Å². The minimum atomic E-state index is 0.540. The van der Waals surface area contributed by atoms with Gasteiger partial charge in [-0.05, 0) is 60.7 Å². The van der Waals surface area contributed by atoms with E-state index < -0.39 is 0 Å². The Morgan fingerprint density at radius 3 is 2.73 bits per heavy atom. The van der Waals surface area contributed by atoms with Gasteiger partial charge in [-0.1, -0.05) is 32.9 Å². The van der Waals surface area contributed by atoms with Gasteiger partial charge in [0.1, 0.15) is 0 Å². The fourth-order valence-corrected chi connectivity index (χ4v) is 5.44. The monoisotopic (exact) mass is 204 g/mol. The van der Waals surface area contributed by atoms with Crippen LogP contribution < -0.4 is 0 Å². The van der Waals surface area contributed by atoms with E-state index >= 15 is 0 Å². The molecule has 3 aliphatic rings. The normalized spacial score (nSPS) is 51.9. The van der Waals surface area contributed by atoms with Crippen LogP contribution in [0.15, 0.2) is 12.2 Å². The predicted molar refractivity (Wildman–Crippen MR) is 64.6 cm³/mol. The second kappa shape index (κ2) is 2.70. The lowest BCUT2D eigenvalue weighted by Gasteiger charge is -2.38. The number of fused-ring (bicyclic) bond motifs is 1. The summed E-state index contributed by atoms with van der Waals surface area (Å²) in [5, 5.41) is 0. The van der Waals surface area contributed by atoms with Crippen molar-refractivity contribution in [3.8, 4) is 0 Å². The third-order valence-corrected chi connectivity index (χ3v) is 6.35. The summed E-state index contributed by atoms with van der Waals surface area (Å²) in [5.74, 6) is 2.79. The summed E-state index contributed by atoms with van der Waals surface area (Å²) in [6.45, 7) is 11.9. The molecule has 0 amide bonds. The molecule has 15 heavy (non-hydrogen) atoms. The minimum absolute atomic E-state index is 0.540. The van der Waals surface area contributed by atoms with Crippen molar-refractivity contribution in [1.29, 1.82) is 0 Å². The zero-order chi connectivity index (χ0) is 10.8. The molecule has 4 atom stereocenters. The smallest absolute Gasteiger partial charge is 0.0146 e. The third kappa shape index (κ3) is 0.990. The lowest BCUT2D eigenvalue weighted by atomic mass is 9.67. The average Bonchev–Trinajstić information content (AvgIpc) is 2.57. The van der Waals surface area contributed by atoms with Gasteiger partial charge in [0.15, 0.2) is 0 Å². The minimum Gasteiger partial charge on any atom is -0.0996 e. The Hall–Kier alpha value is -0.260. The molecule has 0 aromatic carbocycles. The predicted octanol–water partition coefficient (Wildman–Crippen LogP) is 4.42. The van der Waals surface area contributed by atoms with Crippen molar-refractivity contribution in [2.45, 2.75) is 52.9 Å². The van der Waals surface area contributed by atoms with Crippen LogP contribution in [-0.4, -0.2) is 0 Å². The molecular weight excluding hydrogens is 180 g/mol. The van der Waals surface area contributed by atoms with Gasteiger partial charge in [0.05, 0.1) is 0 Å². The second-order valence-corrected chi connectivity index (χ2v) is 7.00. The molecule has 1 spiro atoms. The lowest BCUT2D eigenvalue weighted by Crippen LogP contribution is -2.30. The molecule has 2 bridgehead atoms. The van der Waals surface area contributed by atoms with Crippen molar-refractivity contribution in [3.05, 3.63) is 12.2 Å². The number of hydrogen-bond acceptors (Lipinski definition) is 0. The lowest BCUT2D eigenvalue weighted by molar-refractivity contribution is 0.118. The maximum absolute atomic E-state index is 4.34. The van der Waals surface area contributed by atoms with E-state index in [1.54, 1.807) is 5.57 Å². The summed E-state index contributed by atoms with van der Waals surface area (Å²) >= 11 is 0. The van der Waals surface area contributed by atoms with Crippen molar-refractivity contribution in [2.24, 2.45) is 28.6 Å². The highest BCUT2D eigenvalue weighted by Gasteiger charge is 2.63. The molecule has 0 heteroatoms. The highest BCUT2D eigenvalue weighted by Crippen LogP contribution is 2.72. The van der Waals surface area contributed by atoms with Gasteiger partial charge in [-0.25, -0.2) is 0 Å². The number of hydrogen-bond donors (Lipinski definition) is 0. The van der Waals surface area contributed by atoms with Crippen molar-refractivity contribution in [1.82, 2.24) is 0 Å². The van der Waals surface area contributed by atoms with Crippen LogP contribution in [0.25, 0.3) is 0 Å². The highest BCUT2D eigenvalue weighted by atomic mass is 14.7. The van der Waals surface area contributed by atoms with Crippen molar-refractivity contribution in [3.63, 3.8) is 0 Å². The van der Waals surface area contributed by atoms with E-state index in [4.69, 9.17) is 0 Å².